The fraction of sp³-hybridized carbons (Fsp3) is 0.429. The van der Waals surface area contributed by atoms with Gasteiger partial charge in [0.2, 0.25) is 5.91 Å². The van der Waals surface area contributed by atoms with Crippen molar-refractivity contribution in [3.63, 3.8) is 0 Å². The van der Waals surface area contributed by atoms with Gasteiger partial charge in [0.05, 0.1) is 5.56 Å². The van der Waals surface area contributed by atoms with Gasteiger partial charge in [-0.25, -0.2) is 0 Å². The Morgan fingerprint density at radius 2 is 1.84 bits per heavy atom. The van der Waals surface area contributed by atoms with Crippen LogP contribution in [0.4, 0.5) is 5.69 Å². The number of para-hydroxylation sites is 1. The largest absolute Gasteiger partial charge is 0.398 e. The van der Waals surface area contributed by atoms with E-state index in [-0.39, 0.29) is 17.9 Å². The standard InChI is InChI=1S/C14H21N3O2/c1-4-9(2)16-13(18)10(3)17-14(19)11-7-5-6-8-12(11)15/h5-10H,4,15H2,1-3H3,(H,16,18)(H,17,19). The number of benzene rings is 1. The lowest BCUT2D eigenvalue weighted by molar-refractivity contribution is -0.123. The molecule has 5 nitrogen and oxygen atoms in total. The highest BCUT2D eigenvalue weighted by atomic mass is 16.2. The number of rotatable bonds is 5. The number of nitrogen functional groups attached to an aromatic ring is 1. The Labute approximate surface area is 113 Å². The molecule has 0 saturated heterocycles. The van der Waals surface area contributed by atoms with Gasteiger partial charge in [-0.05, 0) is 32.4 Å². The van der Waals surface area contributed by atoms with E-state index in [4.69, 9.17) is 5.73 Å². The van der Waals surface area contributed by atoms with E-state index in [1.807, 2.05) is 13.8 Å². The number of nitrogens with two attached hydrogens (primary N) is 1. The van der Waals surface area contributed by atoms with Gasteiger partial charge in [0.15, 0.2) is 0 Å². The van der Waals surface area contributed by atoms with Crippen LogP contribution < -0.4 is 16.4 Å². The van der Waals surface area contributed by atoms with Crippen LogP contribution in [-0.4, -0.2) is 23.9 Å². The molecule has 0 saturated carbocycles. The lowest BCUT2D eigenvalue weighted by Crippen LogP contribution is -2.47. The number of carbonyl (C=O) groups excluding carboxylic acids is 2. The number of hydrogen-bond acceptors (Lipinski definition) is 3. The van der Waals surface area contributed by atoms with Gasteiger partial charge in [0.1, 0.15) is 6.04 Å². The predicted octanol–water partition coefficient (Wildman–Crippen LogP) is 1.30. The molecule has 0 heterocycles. The zero-order valence-corrected chi connectivity index (χ0v) is 11.6. The van der Waals surface area contributed by atoms with E-state index in [1.54, 1.807) is 31.2 Å². The second-order valence-corrected chi connectivity index (χ2v) is 4.60. The molecule has 0 spiro atoms. The van der Waals surface area contributed by atoms with E-state index in [9.17, 15) is 9.59 Å². The minimum atomic E-state index is -0.596. The molecule has 19 heavy (non-hydrogen) atoms. The minimum Gasteiger partial charge on any atom is -0.398 e. The Kier molecular flexibility index (Phi) is 5.36. The molecule has 1 aromatic rings. The van der Waals surface area contributed by atoms with E-state index in [0.29, 0.717) is 11.3 Å². The number of nitrogens with one attached hydrogen (secondary N) is 2. The maximum Gasteiger partial charge on any atom is 0.254 e. The van der Waals surface area contributed by atoms with Gasteiger partial charge >= 0.3 is 0 Å². The van der Waals surface area contributed by atoms with Crippen molar-refractivity contribution in [3.05, 3.63) is 29.8 Å². The number of carbonyl (C=O) groups is 2. The molecular weight excluding hydrogens is 242 g/mol. The molecule has 0 aliphatic rings. The van der Waals surface area contributed by atoms with E-state index in [1.165, 1.54) is 0 Å². The minimum absolute atomic E-state index is 0.0913. The summed E-state index contributed by atoms with van der Waals surface area (Å²) < 4.78 is 0. The highest BCUT2D eigenvalue weighted by Crippen LogP contribution is 2.10. The van der Waals surface area contributed by atoms with Gasteiger partial charge in [-0.15, -0.1) is 0 Å². The highest BCUT2D eigenvalue weighted by molar-refractivity contribution is 6.01. The monoisotopic (exact) mass is 263 g/mol. The van der Waals surface area contributed by atoms with Gasteiger partial charge in [0.25, 0.3) is 5.91 Å². The first-order valence-electron chi connectivity index (χ1n) is 6.41. The Bertz CT molecular complexity index is 460. The molecule has 2 amide bonds. The van der Waals surface area contributed by atoms with Gasteiger partial charge in [0, 0.05) is 11.7 Å². The summed E-state index contributed by atoms with van der Waals surface area (Å²) in [5, 5.41) is 5.45. The fourth-order valence-electron chi connectivity index (χ4n) is 1.51. The summed E-state index contributed by atoms with van der Waals surface area (Å²) in [4.78, 5) is 23.8. The average molecular weight is 263 g/mol. The van der Waals surface area contributed by atoms with Crippen molar-refractivity contribution < 1.29 is 9.59 Å². The maximum absolute atomic E-state index is 12.0. The van der Waals surface area contributed by atoms with Crippen LogP contribution in [0.1, 0.15) is 37.6 Å². The SMILES string of the molecule is CCC(C)NC(=O)C(C)NC(=O)c1ccccc1N. The first-order valence-corrected chi connectivity index (χ1v) is 6.41. The summed E-state index contributed by atoms with van der Waals surface area (Å²) in [7, 11) is 0. The van der Waals surface area contributed by atoms with E-state index in [0.717, 1.165) is 6.42 Å². The molecule has 0 bridgehead atoms. The molecule has 0 aliphatic heterocycles. The summed E-state index contributed by atoms with van der Waals surface area (Å²) in [5.74, 6) is -0.540. The van der Waals surface area contributed by atoms with Crippen molar-refractivity contribution in [1.29, 1.82) is 0 Å². The molecule has 5 heteroatoms. The van der Waals surface area contributed by atoms with Crippen LogP contribution in [0.2, 0.25) is 0 Å². The third-order valence-corrected chi connectivity index (χ3v) is 2.95. The quantitative estimate of drug-likeness (QED) is 0.700. The van der Waals surface area contributed by atoms with Gasteiger partial charge < -0.3 is 16.4 Å². The normalized spacial score (nSPS) is 13.4. The van der Waals surface area contributed by atoms with Crippen LogP contribution in [0, 0.1) is 0 Å². The molecule has 1 rings (SSSR count). The number of hydrogen-bond donors (Lipinski definition) is 3. The smallest absolute Gasteiger partial charge is 0.254 e. The first-order chi connectivity index (χ1) is 8.95. The molecule has 0 radical (unpaired) electrons. The fourth-order valence-corrected chi connectivity index (χ4v) is 1.51. The third-order valence-electron chi connectivity index (χ3n) is 2.95. The van der Waals surface area contributed by atoms with Crippen LogP contribution >= 0.6 is 0 Å². The summed E-state index contributed by atoms with van der Waals surface area (Å²) in [6.07, 6.45) is 0.845. The zero-order valence-electron chi connectivity index (χ0n) is 11.6. The molecule has 0 fully saturated rings. The number of anilines is 1. The van der Waals surface area contributed by atoms with Crippen molar-refractivity contribution in [2.24, 2.45) is 0 Å². The van der Waals surface area contributed by atoms with Crippen molar-refractivity contribution in [1.82, 2.24) is 10.6 Å². The van der Waals surface area contributed by atoms with Crippen molar-refractivity contribution in [2.75, 3.05) is 5.73 Å². The van der Waals surface area contributed by atoms with E-state index < -0.39 is 6.04 Å². The van der Waals surface area contributed by atoms with Crippen LogP contribution in [0.15, 0.2) is 24.3 Å². The molecule has 2 atom stereocenters. The lowest BCUT2D eigenvalue weighted by atomic mass is 10.1. The van der Waals surface area contributed by atoms with Crippen LogP contribution in [-0.2, 0) is 4.79 Å². The van der Waals surface area contributed by atoms with Crippen LogP contribution in [0.25, 0.3) is 0 Å². The summed E-state index contributed by atoms with van der Waals surface area (Å²) in [5.41, 5.74) is 6.49. The predicted molar refractivity (Wildman–Crippen MR) is 75.7 cm³/mol. The molecule has 2 unspecified atom stereocenters. The topological polar surface area (TPSA) is 84.2 Å². The molecule has 1 aromatic carbocycles. The van der Waals surface area contributed by atoms with Gasteiger partial charge in [-0.3, -0.25) is 9.59 Å². The Morgan fingerprint density at radius 3 is 2.42 bits per heavy atom. The van der Waals surface area contributed by atoms with Gasteiger partial charge in [-0.1, -0.05) is 19.1 Å². The van der Waals surface area contributed by atoms with Crippen molar-refractivity contribution in [3.8, 4) is 0 Å². The van der Waals surface area contributed by atoms with Crippen LogP contribution in [0.5, 0.6) is 0 Å². The Hall–Kier alpha value is -2.04. The summed E-state index contributed by atoms with van der Waals surface area (Å²) >= 11 is 0. The van der Waals surface area contributed by atoms with E-state index in [2.05, 4.69) is 10.6 Å². The molecule has 0 aliphatic carbocycles. The second-order valence-electron chi connectivity index (χ2n) is 4.60. The summed E-state index contributed by atoms with van der Waals surface area (Å²) in [6.45, 7) is 5.55. The zero-order chi connectivity index (χ0) is 14.4. The average Bonchev–Trinajstić information content (AvgIpc) is 2.38. The Balaban J connectivity index is 2.62. The molecule has 4 N–H and O–H groups in total. The van der Waals surface area contributed by atoms with Gasteiger partial charge in [-0.2, -0.15) is 0 Å². The third kappa shape index (κ3) is 4.28. The van der Waals surface area contributed by atoms with Crippen LogP contribution in [0.3, 0.4) is 0 Å². The molecule has 104 valence electrons. The second kappa shape index (κ2) is 6.78. The molecule has 0 aromatic heterocycles. The lowest BCUT2D eigenvalue weighted by Gasteiger charge is -2.17. The summed E-state index contributed by atoms with van der Waals surface area (Å²) in [6, 6.07) is 6.26. The Morgan fingerprint density at radius 1 is 1.21 bits per heavy atom. The van der Waals surface area contributed by atoms with Crippen molar-refractivity contribution in [2.45, 2.75) is 39.3 Å². The highest BCUT2D eigenvalue weighted by Gasteiger charge is 2.18. The first kappa shape index (κ1) is 15.0. The number of amides is 2. The maximum atomic E-state index is 12.0. The molecular formula is C14H21N3O2. The van der Waals surface area contributed by atoms with Crippen molar-refractivity contribution >= 4 is 17.5 Å². The van der Waals surface area contributed by atoms with E-state index >= 15 is 0 Å².